The molecular formula is C20H15Cl3N2O5. The standard InChI is InChI=1S/C20H15Cl3N2O5/c21-9-5-11(15(23)12(22)6-9)16-13-14(18(28)24-17(13)27)20(25-16,19(29)30)7-8-1-3-10(26)4-2-8/h1-6,13-14,16,25-26H,7H2,(H,29,30)(H,24,27,28). The van der Waals surface area contributed by atoms with E-state index >= 15 is 0 Å². The molecule has 2 amide bonds. The molecule has 4 unspecified atom stereocenters. The minimum Gasteiger partial charge on any atom is -0.508 e. The van der Waals surface area contributed by atoms with E-state index in [1.807, 2.05) is 0 Å². The summed E-state index contributed by atoms with van der Waals surface area (Å²) >= 11 is 18.6. The molecule has 10 heteroatoms. The highest BCUT2D eigenvalue weighted by Crippen LogP contribution is 2.50. The first-order chi connectivity index (χ1) is 14.1. The molecule has 2 aliphatic heterocycles. The number of benzene rings is 2. The normalized spacial score (nSPS) is 27.8. The van der Waals surface area contributed by atoms with Gasteiger partial charge >= 0.3 is 5.97 Å². The highest BCUT2D eigenvalue weighted by atomic mass is 35.5. The zero-order valence-corrected chi connectivity index (χ0v) is 17.4. The Bertz CT molecular complexity index is 1070. The van der Waals surface area contributed by atoms with Crippen LogP contribution in [0.2, 0.25) is 15.1 Å². The first-order valence-electron chi connectivity index (χ1n) is 8.92. The van der Waals surface area contributed by atoms with Crippen LogP contribution in [0.4, 0.5) is 0 Å². The average Bonchev–Trinajstić information content (AvgIpc) is 3.17. The number of hydrogen-bond donors (Lipinski definition) is 4. The van der Waals surface area contributed by atoms with E-state index in [2.05, 4.69) is 10.6 Å². The molecule has 4 N–H and O–H groups in total. The minimum atomic E-state index is -1.79. The van der Waals surface area contributed by atoms with Crippen molar-refractivity contribution in [2.75, 3.05) is 0 Å². The van der Waals surface area contributed by atoms with Gasteiger partial charge in [0.25, 0.3) is 0 Å². The van der Waals surface area contributed by atoms with Crippen molar-refractivity contribution in [2.24, 2.45) is 11.8 Å². The number of fused-ring (bicyclic) bond motifs is 1. The van der Waals surface area contributed by atoms with Gasteiger partial charge in [-0.2, -0.15) is 0 Å². The molecular weight excluding hydrogens is 455 g/mol. The second kappa shape index (κ2) is 7.42. The van der Waals surface area contributed by atoms with Crippen LogP contribution in [-0.2, 0) is 20.8 Å². The third-order valence-corrected chi connectivity index (χ3v) is 6.69. The summed E-state index contributed by atoms with van der Waals surface area (Å²) in [5.74, 6) is -4.74. The van der Waals surface area contributed by atoms with Gasteiger partial charge in [-0.25, -0.2) is 0 Å². The lowest BCUT2D eigenvalue weighted by Crippen LogP contribution is -2.57. The van der Waals surface area contributed by atoms with Crippen LogP contribution in [0, 0.1) is 11.8 Å². The van der Waals surface area contributed by atoms with Crippen LogP contribution in [0.25, 0.3) is 0 Å². The molecule has 0 radical (unpaired) electrons. The van der Waals surface area contributed by atoms with Gasteiger partial charge in [0.2, 0.25) is 11.8 Å². The zero-order chi connectivity index (χ0) is 21.8. The Balaban J connectivity index is 1.86. The molecule has 2 fully saturated rings. The number of carboxylic acids is 1. The second-order valence-electron chi connectivity index (χ2n) is 7.39. The van der Waals surface area contributed by atoms with Crippen molar-refractivity contribution in [1.29, 1.82) is 0 Å². The van der Waals surface area contributed by atoms with Gasteiger partial charge in [-0.3, -0.25) is 25.0 Å². The van der Waals surface area contributed by atoms with Crippen molar-refractivity contribution >= 4 is 52.6 Å². The van der Waals surface area contributed by atoms with Crippen molar-refractivity contribution in [3.05, 3.63) is 62.6 Å². The van der Waals surface area contributed by atoms with Crippen LogP contribution in [0.15, 0.2) is 36.4 Å². The van der Waals surface area contributed by atoms with Crippen LogP contribution in [0.1, 0.15) is 17.2 Å². The maximum absolute atomic E-state index is 12.7. The molecule has 0 bridgehead atoms. The molecule has 4 atom stereocenters. The van der Waals surface area contributed by atoms with Gasteiger partial charge in [0.05, 0.1) is 21.9 Å². The minimum absolute atomic E-state index is 0.0207. The molecule has 2 aromatic carbocycles. The first kappa shape index (κ1) is 20.9. The number of nitrogens with one attached hydrogen (secondary N) is 2. The number of phenolic OH excluding ortho intramolecular Hbond substituents is 1. The van der Waals surface area contributed by atoms with E-state index in [1.165, 1.54) is 24.3 Å². The summed E-state index contributed by atoms with van der Waals surface area (Å²) in [7, 11) is 0. The number of carbonyl (C=O) groups excluding carboxylic acids is 2. The molecule has 2 heterocycles. The van der Waals surface area contributed by atoms with Gasteiger partial charge in [-0.05, 0) is 35.4 Å². The second-order valence-corrected chi connectivity index (χ2v) is 8.61. The fourth-order valence-corrected chi connectivity index (χ4v) is 5.10. The molecule has 0 aromatic heterocycles. The Hall–Kier alpha value is -2.32. The molecule has 0 spiro atoms. The zero-order valence-electron chi connectivity index (χ0n) is 15.2. The number of amides is 2. The van der Waals surface area contributed by atoms with E-state index in [9.17, 15) is 24.6 Å². The highest BCUT2D eigenvalue weighted by Gasteiger charge is 2.66. The van der Waals surface area contributed by atoms with Gasteiger partial charge in [0, 0.05) is 17.5 Å². The van der Waals surface area contributed by atoms with Crippen molar-refractivity contribution in [3.63, 3.8) is 0 Å². The third-order valence-electron chi connectivity index (χ3n) is 5.65. The Morgan fingerprint density at radius 1 is 1.07 bits per heavy atom. The topological polar surface area (TPSA) is 116 Å². The quantitative estimate of drug-likeness (QED) is 0.404. The number of carbonyl (C=O) groups is 3. The van der Waals surface area contributed by atoms with Crippen LogP contribution < -0.4 is 10.6 Å². The third kappa shape index (κ3) is 3.22. The predicted molar refractivity (Wildman–Crippen MR) is 110 cm³/mol. The largest absolute Gasteiger partial charge is 0.508 e. The Morgan fingerprint density at radius 2 is 1.73 bits per heavy atom. The predicted octanol–water partition coefficient (Wildman–Crippen LogP) is 2.95. The maximum Gasteiger partial charge on any atom is 0.325 e. The van der Waals surface area contributed by atoms with Gasteiger partial charge in [-0.15, -0.1) is 0 Å². The first-order valence-corrected chi connectivity index (χ1v) is 10.1. The number of halogens is 3. The Morgan fingerprint density at radius 3 is 2.37 bits per heavy atom. The summed E-state index contributed by atoms with van der Waals surface area (Å²) in [6.45, 7) is 0. The molecule has 156 valence electrons. The fraction of sp³-hybridized carbons (Fsp3) is 0.250. The lowest BCUT2D eigenvalue weighted by Gasteiger charge is -2.30. The van der Waals surface area contributed by atoms with Gasteiger partial charge in [0.15, 0.2) is 0 Å². The van der Waals surface area contributed by atoms with E-state index < -0.39 is 41.2 Å². The summed E-state index contributed by atoms with van der Waals surface area (Å²) in [5, 5.41) is 25.5. The van der Waals surface area contributed by atoms with Crippen LogP contribution in [-0.4, -0.2) is 33.5 Å². The summed E-state index contributed by atoms with van der Waals surface area (Å²) in [6.07, 6.45) is -0.104. The van der Waals surface area contributed by atoms with Crippen LogP contribution >= 0.6 is 34.8 Å². The van der Waals surface area contributed by atoms with E-state index in [0.717, 1.165) is 0 Å². The molecule has 4 rings (SSSR count). The van der Waals surface area contributed by atoms with Gasteiger partial charge in [-0.1, -0.05) is 46.9 Å². The molecule has 2 aromatic rings. The summed E-state index contributed by atoms with van der Waals surface area (Å²) in [5.41, 5.74) is -0.895. The Kier molecular flexibility index (Phi) is 5.18. The molecule has 7 nitrogen and oxygen atoms in total. The number of imide groups is 1. The molecule has 0 aliphatic carbocycles. The highest BCUT2D eigenvalue weighted by molar-refractivity contribution is 6.43. The number of rotatable bonds is 4. The lowest BCUT2D eigenvalue weighted by atomic mass is 9.76. The SMILES string of the molecule is O=C1NC(=O)C2C1C(c1cc(Cl)cc(Cl)c1Cl)NC2(Cc1ccc(O)cc1)C(=O)O. The summed E-state index contributed by atoms with van der Waals surface area (Å²) in [4.78, 5) is 37.8. The van der Waals surface area contributed by atoms with E-state index in [0.29, 0.717) is 11.1 Å². The average molecular weight is 470 g/mol. The van der Waals surface area contributed by atoms with E-state index in [1.54, 1.807) is 12.1 Å². The van der Waals surface area contributed by atoms with Crippen molar-refractivity contribution in [2.45, 2.75) is 18.0 Å². The molecule has 2 saturated heterocycles. The smallest absolute Gasteiger partial charge is 0.325 e. The number of aliphatic carboxylic acids is 1. The maximum atomic E-state index is 12.7. The van der Waals surface area contributed by atoms with Crippen molar-refractivity contribution in [1.82, 2.24) is 10.6 Å². The Labute approximate surface area is 185 Å². The van der Waals surface area contributed by atoms with Gasteiger partial charge in [0.1, 0.15) is 11.3 Å². The van der Waals surface area contributed by atoms with E-state index in [4.69, 9.17) is 34.8 Å². The number of hydrogen-bond acceptors (Lipinski definition) is 5. The van der Waals surface area contributed by atoms with Crippen LogP contribution in [0.5, 0.6) is 5.75 Å². The monoisotopic (exact) mass is 468 g/mol. The van der Waals surface area contributed by atoms with Crippen LogP contribution in [0.3, 0.4) is 0 Å². The number of phenols is 1. The molecule has 30 heavy (non-hydrogen) atoms. The summed E-state index contributed by atoms with van der Waals surface area (Å²) in [6, 6.07) is 7.98. The number of carboxylic acid groups (broad SMARTS) is 1. The van der Waals surface area contributed by atoms with E-state index in [-0.39, 0.29) is 27.2 Å². The molecule has 2 aliphatic rings. The lowest BCUT2D eigenvalue weighted by molar-refractivity contribution is -0.149. The van der Waals surface area contributed by atoms with Crippen molar-refractivity contribution < 1.29 is 24.6 Å². The van der Waals surface area contributed by atoms with Crippen molar-refractivity contribution in [3.8, 4) is 5.75 Å². The molecule has 0 saturated carbocycles. The number of aromatic hydroxyl groups is 1. The summed E-state index contributed by atoms with van der Waals surface area (Å²) < 4.78 is 0. The fourth-order valence-electron chi connectivity index (χ4n) is 4.37. The van der Waals surface area contributed by atoms with Gasteiger partial charge < -0.3 is 10.2 Å².